The van der Waals surface area contributed by atoms with Crippen LogP contribution in [0.2, 0.25) is 10.0 Å². The van der Waals surface area contributed by atoms with Gasteiger partial charge in [-0.1, -0.05) is 35.3 Å². The second-order valence-corrected chi connectivity index (χ2v) is 5.74. The predicted octanol–water partition coefficient (Wildman–Crippen LogP) is 4.67. The van der Waals surface area contributed by atoms with Crippen molar-refractivity contribution in [3.8, 4) is 0 Å². The van der Waals surface area contributed by atoms with Gasteiger partial charge in [0.25, 0.3) is 0 Å². The van der Waals surface area contributed by atoms with E-state index < -0.39 is 0 Å². The number of nitrogens with zero attached hydrogens (tertiary/aromatic N) is 3. The molecule has 1 aromatic heterocycles. The Labute approximate surface area is 147 Å². The number of aromatic nitrogens is 3. The fraction of sp³-hybridized carbons (Fsp3) is 0.0625. The molecule has 24 heavy (non-hydrogen) atoms. The van der Waals surface area contributed by atoms with Gasteiger partial charge < -0.3 is 10.6 Å². The Morgan fingerprint density at radius 2 is 1.83 bits per heavy atom. The standard InChI is InChI=1S/C16H12Cl2FN5/c17-11-3-6-14(13(18)7-11)22-15-9-21-24-16(23-15)20-8-10-1-4-12(19)5-2-10/h1-7,9H,8H2,(H2,20,22,23,24). The Hall–Kier alpha value is -2.44. The molecule has 2 N–H and O–H groups in total. The number of rotatable bonds is 5. The van der Waals surface area contributed by atoms with Crippen molar-refractivity contribution >= 4 is 40.7 Å². The minimum absolute atomic E-state index is 0.275. The summed E-state index contributed by atoms with van der Waals surface area (Å²) in [6.07, 6.45) is 1.48. The summed E-state index contributed by atoms with van der Waals surface area (Å²) in [6.45, 7) is 0.452. The molecule has 1 heterocycles. The first-order valence-corrected chi connectivity index (χ1v) is 7.76. The summed E-state index contributed by atoms with van der Waals surface area (Å²) in [5.74, 6) is 0.549. The number of nitrogens with one attached hydrogen (secondary N) is 2. The molecule has 0 saturated heterocycles. The maximum Gasteiger partial charge on any atom is 0.244 e. The predicted molar refractivity (Wildman–Crippen MR) is 93.3 cm³/mol. The van der Waals surface area contributed by atoms with Crippen molar-refractivity contribution in [2.75, 3.05) is 10.6 Å². The summed E-state index contributed by atoms with van der Waals surface area (Å²) in [5.41, 5.74) is 1.56. The Morgan fingerprint density at radius 3 is 2.58 bits per heavy atom. The van der Waals surface area contributed by atoms with E-state index in [4.69, 9.17) is 23.2 Å². The second kappa shape index (κ2) is 7.42. The fourth-order valence-electron chi connectivity index (χ4n) is 1.95. The average Bonchev–Trinajstić information content (AvgIpc) is 2.57. The van der Waals surface area contributed by atoms with Crippen molar-refractivity contribution in [3.05, 3.63) is 70.1 Å². The number of benzene rings is 2. The zero-order valence-corrected chi connectivity index (χ0v) is 13.8. The number of halogens is 3. The molecule has 0 fully saturated rings. The third kappa shape index (κ3) is 4.31. The van der Waals surface area contributed by atoms with Crippen LogP contribution in [-0.2, 0) is 6.54 Å². The molecule has 2 aromatic carbocycles. The first-order chi connectivity index (χ1) is 11.6. The SMILES string of the molecule is Fc1ccc(CNc2nncc(Nc3ccc(Cl)cc3Cl)n2)cc1. The zero-order valence-electron chi connectivity index (χ0n) is 12.3. The van der Waals surface area contributed by atoms with E-state index in [-0.39, 0.29) is 5.82 Å². The molecule has 0 radical (unpaired) electrons. The van der Waals surface area contributed by atoms with Gasteiger partial charge in [-0.05, 0) is 35.9 Å². The van der Waals surface area contributed by atoms with Crippen LogP contribution in [-0.4, -0.2) is 15.2 Å². The monoisotopic (exact) mass is 363 g/mol. The molecule has 0 unspecified atom stereocenters. The lowest BCUT2D eigenvalue weighted by Gasteiger charge is -2.09. The highest BCUT2D eigenvalue weighted by atomic mass is 35.5. The quantitative estimate of drug-likeness (QED) is 0.689. The Balaban J connectivity index is 1.68. The lowest BCUT2D eigenvalue weighted by molar-refractivity contribution is 0.627. The van der Waals surface area contributed by atoms with Gasteiger partial charge in [0.05, 0.1) is 16.9 Å². The van der Waals surface area contributed by atoms with Crippen LogP contribution in [0.15, 0.2) is 48.7 Å². The van der Waals surface area contributed by atoms with E-state index in [0.29, 0.717) is 34.0 Å². The number of anilines is 3. The van der Waals surface area contributed by atoms with Crippen LogP contribution >= 0.6 is 23.2 Å². The molecule has 0 bridgehead atoms. The molecule has 0 aliphatic carbocycles. The van der Waals surface area contributed by atoms with Gasteiger partial charge in [-0.15, -0.1) is 5.10 Å². The van der Waals surface area contributed by atoms with E-state index in [1.807, 2.05) is 0 Å². The van der Waals surface area contributed by atoms with Crippen molar-refractivity contribution < 1.29 is 4.39 Å². The molecule has 0 amide bonds. The third-order valence-electron chi connectivity index (χ3n) is 3.12. The van der Waals surface area contributed by atoms with Crippen molar-refractivity contribution in [2.24, 2.45) is 0 Å². The maximum absolute atomic E-state index is 12.9. The van der Waals surface area contributed by atoms with Crippen LogP contribution < -0.4 is 10.6 Å². The van der Waals surface area contributed by atoms with Crippen molar-refractivity contribution in [3.63, 3.8) is 0 Å². The van der Waals surface area contributed by atoms with E-state index >= 15 is 0 Å². The van der Waals surface area contributed by atoms with Gasteiger partial charge in [-0.2, -0.15) is 10.1 Å². The van der Waals surface area contributed by atoms with E-state index in [1.54, 1.807) is 30.3 Å². The van der Waals surface area contributed by atoms with Gasteiger partial charge in [-0.25, -0.2) is 4.39 Å². The lowest BCUT2D eigenvalue weighted by atomic mass is 10.2. The van der Waals surface area contributed by atoms with Crippen LogP contribution in [0.4, 0.5) is 21.8 Å². The molecule has 3 aromatic rings. The number of hydrogen-bond acceptors (Lipinski definition) is 5. The minimum Gasteiger partial charge on any atom is -0.349 e. The lowest BCUT2D eigenvalue weighted by Crippen LogP contribution is -2.06. The highest BCUT2D eigenvalue weighted by molar-refractivity contribution is 6.36. The minimum atomic E-state index is -0.275. The first kappa shape index (κ1) is 16.4. The molecular weight excluding hydrogens is 352 g/mol. The van der Waals surface area contributed by atoms with Crippen molar-refractivity contribution in [1.29, 1.82) is 0 Å². The van der Waals surface area contributed by atoms with Crippen molar-refractivity contribution in [1.82, 2.24) is 15.2 Å². The topological polar surface area (TPSA) is 62.7 Å². The summed E-state index contributed by atoms with van der Waals surface area (Å²) in [5, 5.41) is 14.9. The summed E-state index contributed by atoms with van der Waals surface area (Å²) in [6, 6.07) is 11.3. The van der Waals surface area contributed by atoms with Gasteiger partial charge >= 0.3 is 0 Å². The van der Waals surface area contributed by atoms with Gasteiger partial charge in [0, 0.05) is 11.6 Å². The highest BCUT2D eigenvalue weighted by Gasteiger charge is 2.05. The summed E-state index contributed by atoms with van der Waals surface area (Å²) >= 11 is 12.0. The molecule has 0 aliphatic heterocycles. The summed E-state index contributed by atoms with van der Waals surface area (Å²) in [4.78, 5) is 4.30. The second-order valence-electron chi connectivity index (χ2n) is 4.89. The van der Waals surface area contributed by atoms with Crippen LogP contribution in [0.1, 0.15) is 5.56 Å². The van der Waals surface area contributed by atoms with Gasteiger partial charge in [0.15, 0.2) is 5.82 Å². The fourth-order valence-corrected chi connectivity index (χ4v) is 2.41. The van der Waals surface area contributed by atoms with E-state index in [1.165, 1.54) is 18.3 Å². The molecule has 8 heteroatoms. The first-order valence-electron chi connectivity index (χ1n) is 7.00. The normalized spacial score (nSPS) is 10.5. The van der Waals surface area contributed by atoms with E-state index in [0.717, 1.165) is 5.56 Å². The van der Waals surface area contributed by atoms with E-state index in [2.05, 4.69) is 25.8 Å². The maximum atomic E-state index is 12.9. The molecule has 0 atom stereocenters. The smallest absolute Gasteiger partial charge is 0.244 e. The van der Waals surface area contributed by atoms with Gasteiger partial charge in [0.2, 0.25) is 5.95 Å². The van der Waals surface area contributed by atoms with Crippen LogP contribution in [0.3, 0.4) is 0 Å². The summed E-state index contributed by atoms with van der Waals surface area (Å²) in [7, 11) is 0. The molecule has 122 valence electrons. The molecule has 0 aliphatic rings. The van der Waals surface area contributed by atoms with Crippen LogP contribution in [0.25, 0.3) is 0 Å². The zero-order chi connectivity index (χ0) is 16.9. The molecule has 0 saturated carbocycles. The Bertz CT molecular complexity index is 842. The van der Waals surface area contributed by atoms with E-state index in [9.17, 15) is 4.39 Å². The van der Waals surface area contributed by atoms with Crippen molar-refractivity contribution in [2.45, 2.75) is 6.54 Å². The van der Waals surface area contributed by atoms with Gasteiger partial charge in [-0.3, -0.25) is 0 Å². The van der Waals surface area contributed by atoms with Crippen LogP contribution in [0, 0.1) is 5.82 Å². The average molecular weight is 364 g/mol. The number of hydrogen-bond donors (Lipinski definition) is 2. The molecule has 5 nitrogen and oxygen atoms in total. The Morgan fingerprint density at radius 1 is 1.04 bits per heavy atom. The Kier molecular flexibility index (Phi) is 5.08. The third-order valence-corrected chi connectivity index (χ3v) is 3.66. The molecule has 3 rings (SSSR count). The molecule has 0 spiro atoms. The highest BCUT2D eigenvalue weighted by Crippen LogP contribution is 2.27. The largest absolute Gasteiger partial charge is 0.349 e. The molecular formula is C16H12Cl2FN5. The van der Waals surface area contributed by atoms with Gasteiger partial charge in [0.1, 0.15) is 5.82 Å². The summed E-state index contributed by atoms with van der Waals surface area (Å²) < 4.78 is 12.9. The van der Waals surface area contributed by atoms with Crippen LogP contribution in [0.5, 0.6) is 0 Å².